The van der Waals surface area contributed by atoms with Crippen molar-refractivity contribution in [2.75, 3.05) is 6.61 Å². The van der Waals surface area contributed by atoms with E-state index < -0.39 is 0 Å². The average Bonchev–Trinajstić information content (AvgIpc) is 2.61. The van der Waals surface area contributed by atoms with Gasteiger partial charge in [0.2, 0.25) is 11.8 Å². The summed E-state index contributed by atoms with van der Waals surface area (Å²) in [6.45, 7) is 3.39. The number of aromatic nitrogens is 2. The van der Waals surface area contributed by atoms with Crippen LogP contribution in [0.3, 0.4) is 0 Å². The topological polar surface area (TPSA) is 88.2 Å². The van der Waals surface area contributed by atoms with Crippen molar-refractivity contribution in [2.24, 2.45) is 0 Å². The van der Waals surface area contributed by atoms with Crippen LogP contribution in [0.5, 0.6) is 0 Å². The van der Waals surface area contributed by atoms with Crippen molar-refractivity contribution in [3.8, 4) is 0 Å². The maximum absolute atomic E-state index is 11.3. The first kappa shape index (κ1) is 11.6. The monoisotopic (exact) mass is 213 g/mol. The Hall–Kier alpha value is -1.43. The van der Waals surface area contributed by atoms with Gasteiger partial charge in [-0.05, 0) is 13.8 Å². The van der Waals surface area contributed by atoms with Gasteiger partial charge in [0.15, 0.2) is 5.82 Å². The van der Waals surface area contributed by atoms with E-state index >= 15 is 0 Å². The minimum Gasteiger partial charge on any atom is -0.394 e. The van der Waals surface area contributed by atoms with E-state index in [1.165, 1.54) is 0 Å². The van der Waals surface area contributed by atoms with Gasteiger partial charge in [-0.1, -0.05) is 5.16 Å². The molecular weight excluding hydrogens is 198 g/mol. The Morgan fingerprint density at radius 1 is 1.67 bits per heavy atom. The number of amides is 1. The maximum atomic E-state index is 11.3. The Bertz CT molecular complexity index is 324. The third-order valence-corrected chi connectivity index (χ3v) is 1.82. The first-order valence-electron chi connectivity index (χ1n) is 4.81. The van der Waals surface area contributed by atoms with Gasteiger partial charge in [-0.2, -0.15) is 4.98 Å². The van der Waals surface area contributed by atoms with Gasteiger partial charge in [-0.25, -0.2) is 0 Å². The van der Waals surface area contributed by atoms with Crippen LogP contribution in [0.4, 0.5) is 0 Å². The molecule has 0 aliphatic heterocycles. The summed E-state index contributed by atoms with van der Waals surface area (Å²) < 4.78 is 4.86. The minimum atomic E-state index is -0.220. The molecule has 15 heavy (non-hydrogen) atoms. The number of hydrogen-bond acceptors (Lipinski definition) is 5. The first-order chi connectivity index (χ1) is 7.11. The van der Waals surface area contributed by atoms with E-state index in [1.54, 1.807) is 13.8 Å². The molecule has 0 saturated heterocycles. The van der Waals surface area contributed by atoms with Crippen LogP contribution in [0, 0.1) is 6.92 Å². The highest BCUT2D eigenvalue weighted by Gasteiger charge is 2.09. The molecule has 2 N–H and O–H groups in total. The number of hydrogen-bond donors (Lipinski definition) is 2. The molecule has 0 unspecified atom stereocenters. The Labute approximate surface area is 87.7 Å². The van der Waals surface area contributed by atoms with Crippen LogP contribution >= 0.6 is 0 Å². The Kier molecular flexibility index (Phi) is 4.23. The molecule has 0 aliphatic rings. The minimum absolute atomic E-state index is 0.0641. The molecule has 0 radical (unpaired) electrons. The van der Waals surface area contributed by atoms with Gasteiger partial charge in [-0.15, -0.1) is 0 Å². The van der Waals surface area contributed by atoms with Gasteiger partial charge in [0.05, 0.1) is 6.61 Å². The number of aliphatic hydroxyl groups excluding tert-OH is 1. The maximum Gasteiger partial charge on any atom is 0.227 e. The van der Waals surface area contributed by atoms with Crippen molar-refractivity contribution in [1.29, 1.82) is 0 Å². The van der Waals surface area contributed by atoms with Crippen molar-refractivity contribution in [3.05, 3.63) is 11.7 Å². The summed E-state index contributed by atoms with van der Waals surface area (Å²) in [4.78, 5) is 15.3. The van der Waals surface area contributed by atoms with Crippen molar-refractivity contribution in [3.63, 3.8) is 0 Å². The lowest BCUT2D eigenvalue weighted by atomic mass is 10.2. The van der Waals surface area contributed by atoms with Gasteiger partial charge in [-0.3, -0.25) is 4.79 Å². The first-order valence-corrected chi connectivity index (χ1v) is 4.81. The Balaban J connectivity index is 2.28. The van der Waals surface area contributed by atoms with E-state index in [0.29, 0.717) is 18.1 Å². The van der Waals surface area contributed by atoms with E-state index in [2.05, 4.69) is 15.5 Å². The second-order valence-electron chi connectivity index (χ2n) is 3.39. The van der Waals surface area contributed by atoms with E-state index in [4.69, 9.17) is 9.63 Å². The van der Waals surface area contributed by atoms with Gasteiger partial charge >= 0.3 is 0 Å². The van der Waals surface area contributed by atoms with Crippen molar-refractivity contribution < 1.29 is 14.4 Å². The summed E-state index contributed by atoms with van der Waals surface area (Å²) in [6, 6.07) is -0.220. The van der Waals surface area contributed by atoms with Crippen LogP contribution in [-0.4, -0.2) is 33.8 Å². The van der Waals surface area contributed by atoms with Crippen molar-refractivity contribution >= 4 is 5.91 Å². The van der Waals surface area contributed by atoms with Crippen LogP contribution in [-0.2, 0) is 11.2 Å². The van der Waals surface area contributed by atoms with Gasteiger partial charge in [0, 0.05) is 18.9 Å². The normalized spacial score (nSPS) is 12.5. The quantitative estimate of drug-likeness (QED) is 0.707. The molecule has 1 aromatic rings. The molecule has 0 fully saturated rings. The van der Waals surface area contributed by atoms with Crippen LogP contribution in [0.1, 0.15) is 25.1 Å². The molecule has 0 spiro atoms. The molecule has 0 saturated carbocycles. The van der Waals surface area contributed by atoms with Crippen LogP contribution in [0.15, 0.2) is 4.52 Å². The molecule has 84 valence electrons. The highest BCUT2D eigenvalue weighted by Crippen LogP contribution is 1.99. The predicted molar refractivity (Wildman–Crippen MR) is 52.0 cm³/mol. The SMILES string of the molecule is Cc1noc(CCC(=O)N[C@H](C)CO)n1. The summed E-state index contributed by atoms with van der Waals surface area (Å²) >= 11 is 0. The van der Waals surface area contributed by atoms with E-state index in [-0.39, 0.29) is 25.0 Å². The van der Waals surface area contributed by atoms with Crippen LogP contribution in [0.2, 0.25) is 0 Å². The fourth-order valence-electron chi connectivity index (χ4n) is 1.05. The van der Waals surface area contributed by atoms with E-state index in [0.717, 1.165) is 0 Å². The fourth-order valence-corrected chi connectivity index (χ4v) is 1.05. The lowest BCUT2D eigenvalue weighted by molar-refractivity contribution is -0.122. The molecule has 0 aromatic carbocycles. The summed E-state index contributed by atoms with van der Waals surface area (Å²) in [7, 11) is 0. The Morgan fingerprint density at radius 3 is 2.93 bits per heavy atom. The van der Waals surface area contributed by atoms with E-state index in [9.17, 15) is 4.79 Å². The molecule has 0 aliphatic carbocycles. The number of rotatable bonds is 5. The molecule has 6 heteroatoms. The standard InChI is InChI=1S/C9H15N3O3/c1-6(5-13)10-8(14)3-4-9-11-7(2)12-15-9/h6,13H,3-5H2,1-2H3,(H,10,14)/t6-/m1/s1. The molecule has 1 aromatic heterocycles. The third kappa shape index (κ3) is 4.07. The largest absolute Gasteiger partial charge is 0.394 e. The zero-order valence-corrected chi connectivity index (χ0v) is 8.86. The van der Waals surface area contributed by atoms with Gasteiger partial charge < -0.3 is 14.9 Å². The fraction of sp³-hybridized carbons (Fsp3) is 0.667. The highest BCUT2D eigenvalue weighted by atomic mass is 16.5. The predicted octanol–water partition coefficient (Wildman–Crippen LogP) is -0.192. The number of nitrogens with one attached hydrogen (secondary N) is 1. The second-order valence-corrected chi connectivity index (χ2v) is 3.39. The second kappa shape index (κ2) is 5.45. The number of nitrogens with zero attached hydrogens (tertiary/aromatic N) is 2. The summed E-state index contributed by atoms with van der Waals surface area (Å²) in [5.74, 6) is 0.890. The number of aliphatic hydroxyl groups is 1. The molecule has 1 rings (SSSR count). The highest BCUT2D eigenvalue weighted by molar-refractivity contribution is 5.76. The van der Waals surface area contributed by atoms with E-state index in [1.807, 2.05) is 0 Å². The smallest absolute Gasteiger partial charge is 0.227 e. The lowest BCUT2D eigenvalue weighted by Crippen LogP contribution is -2.35. The van der Waals surface area contributed by atoms with Gasteiger partial charge in [0.1, 0.15) is 0 Å². The molecule has 6 nitrogen and oxygen atoms in total. The van der Waals surface area contributed by atoms with Gasteiger partial charge in [0.25, 0.3) is 0 Å². The zero-order valence-electron chi connectivity index (χ0n) is 8.86. The van der Waals surface area contributed by atoms with Crippen molar-refractivity contribution in [2.45, 2.75) is 32.7 Å². The summed E-state index contributed by atoms with van der Waals surface area (Å²) in [6.07, 6.45) is 0.705. The van der Waals surface area contributed by atoms with Crippen LogP contribution < -0.4 is 5.32 Å². The van der Waals surface area contributed by atoms with Crippen LogP contribution in [0.25, 0.3) is 0 Å². The number of aryl methyl sites for hydroxylation is 2. The molecule has 1 amide bonds. The lowest BCUT2D eigenvalue weighted by Gasteiger charge is -2.09. The average molecular weight is 213 g/mol. The number of carbonyl (C=O) groups is 1. The Morgan fingerprint density at radius 2 is 2.40 bits per heavy atom. The summed E-state index contributed by atoms with van der Waals surface area (Å²) in [5.41, 5.74) is 0. The number of carbonyl (C=O) groups excluding carboxylic acids is 1. The summed E-state index contributed by atoms with van der Waals surface area (Å²) in [5, 5.41) is 15.0. The third-order valence-electron chi connectivity index (χ3n) is 1.82. The molecular formula is C9H15N3O3. The molecule has 1 atom stereocenters. The van der Waals surface area contributed by atoms with Crippen molar-refractivity contribution in [1.82, 2.24) is 15.5 Å². The molecule has 1 heterocycles. The molecule has 0 bridgehead atoms. The zero-order chi connectivity index (χ0) is 11.3.